The number of aromatic nitrogens is 1. The topological polar surface area (TPSA) is 36.0 Å². The maximum absolute atomic E-state index is 10.4. The predicted octanol–water partition coefficient (Wildman–Crippen LogP) is 3.94. The van der Waals surface area contributed by atoms with E-state index < -0.39 is 0 Å². The Labute approximate surface area is 104 Å². The molecule has 2 heteroatoms. The lowest BCUT2D eigenvalue weighted by Gasteiger charge is -2.24. The number of aryl methyl sites for hydroxylation is 1. The van der Waals surface area contributed by atoms with Gasteiger partial charge in [0.1, 0.15) is 0 Å². The van der Waals surface area contributed by atoms with E-state index in [1.165, 1.54) is 48.9 Å². The van der Waals surface area contributed by atoms with Crippen LogP contribution in [0.5, 0.6) is 0 Å². The molecular weight excluding hydrogens is 210 g/mol. The first-order chi connectivity index (χ1) is 8.09. The highest BCUT2D eigenvalue weighted by Gasteiger charge is 2.21. The van der Waals surface area contributed by atoms with Crippen LogP contribution in [0.3, 0.4) is 0 Å². The highest BCUT2D eigenvalue weighted by molar-refractivity contribution is 5.35. The van der Waals surface area contributed by atoms with E-state index in [2.05, 4.69) is 25.8 Å². The average molecular weight is 235 g/mol. The Hall–Kier alpha value is -0.760. The van der Waals surface area contributed by atoms with Gasteiger partial charge in [0, 0.05) is 11.4 Å². The number of nitrogens with one attached hydrogen (secondary N) is 1. The molecule has 1 heterocycles. The second-order valence-electron chi connectivity index (χ2n) is 5.67. The van der Waals surface area contributed by atoms with Crippen molar-refractivity contribution in [1.29, 1.82) is 0 Å². The minimum Gasteiger partial charge on any atom is -0.387 e. The van der Waals surface area contributed by atoms with Crippen LogP contribution in [0.15, 0.2) is 0 Å². The van der Waals surface area contributed by atoms with Crippen LogP contribution in [0.2, 0.25) is 0 Å². The molecule has 1 aromatic heterocycles. The van der Waals surface area contributed by atoms with Crippen LogP contribution >= 0.6 is 0 Å². The van der Waals surface area contributed by atoms with Crippen LogP contribution in [-0.2, 0) is 0 Å². The van der Waals surface area contributed by atoms with E-state index in [1.807, 2.05) is 0 Å². The molecule has 1 aromatic rings. The van der Waals surface area contributed by atoms with E-state index in [4.69, 9.17) is 0 Å². The van der Waals surface area contributed by atoms with Crippen molar-refractivity contribution in [2.75, 3.05) is 0 Å². The summed E-state index contributed by atoms with van der Waals surface area (Å²) in [4.78, 5) is 3.35. The van der Waals surface area contributed by atoms with Gasteiger partial charge in [-0.2, -0.15) is 0 Å². The lowest BCUT2D eigenvalue weighted by atomic mass is 9.84. The monoisotopic (exact) mass is 235 g/mol. The fourth-order valence-corrected chi connectivity index (χ4v) is 3.06. The molecule has 0 bridgehead atoms. The number of aromatic amines is 1. The largest absolute Gasteiger partial charge is 0.387 e. The van der Waals surface area contributed by atoms with Gasteiger partial charge in [0.2, 0.25) is 0 Å². The Morgan fingerprint density at radius 2 is 1.76 bits per heavy atom. The smallest absolute Gasteiger partial charge is 0.0943 e. The van der Waals surface area contributed by atoms with Gasteiger partial charge in [-0.25, -0.2) is 0 Å². The first-order valence-electron chi connectivity index (χ1n) is 6.93. The minimum atomic E-state index is -0.300. The van der Waals surface area contributed by atoms with Gasteiger partial charge in [0.05, 0.1) is 6.10 Å². The summed E-state index contributed by atoms with van der Waals surface area (Å²) in [5.74, 6) is 0.724. The van der Waals surface area contributed by atoms with Crippen LogP contribution < -0.4 is 0 Å². The van der Waals surface area contributed by atoms with Crippen molar-refractivity contribution in [2.45, 2.75) is 65.4 Å². The van der Waals surface area contributed by atoms with Gasteiger partial charge in [0.15, 0.2) is 0 Å². The predicted molar refractivity (Wildman–Crippen MR) is 71.2 cm³/mol. The van der Waals surface area contributed by atoms with Crippen molar-refractivity contribution < 1.29 is 5.11 Å². The van der Waals surface area contributed by atoms with Gasteiger partial charge in [-0.3, -0.25) is 0 Å². The molecule has 0 radical (unpaired) electrons. The molecule has 0 saturated heterocycles. The van der Waals surface area contributed by atoms with Crippen molar-refractivity contribution in [3.63, 3.8) is 0 Å². The average Bonchev–Trinajstić information content (AvgIpc) is 2.58. The second kappa shape index (κ2) is 5.26. The maximum atomic E-state index is 10.4. The normalized spacial score (nSPS) is 19.5. The Bertz CT molecular complexity index is 375. The highest BCUT2D eigenvalue weighted by Crippen LogP contribution is 2.33. The van der Waals surface area contributed by atoms with Gasteiger partial charge < -0.3 is 10.1 Å². The molecule has 96 valence electrons. The fourth-order valence-electron chi connectivity index (χ4n) is 3.06. The molecule has 2 N–H and O–H groups in total. The molecule has 0 amide bonds. The molecule has 17 heavy (non-hydrogen) atoms. The molecule has 1 unspecified atom stereocenters. The quantitative estimate of drug-likeness (QED) is 0.817. The minimum absolute atomic E-state index is 0.300. The summed E-state index contributed by atoms with van der Waals surface area (Å²) in [6.07, 6.45) is 7.31. The zero-order valence-electron chi connectivity index (χ0n) is 11.3. The summed E-state index contributed by atoms with van der Waals surface area (Å²) in [6.45, 7) is 6.31. The summed E-state index contributed by atoms with van der Waals surface area (Å²) in [7, 11) is 0. The summed E-state index contributed by atoms with van der Waals surface area (Å²) in [5, 5.41) is 10.4. The molecule has 0 spiro atoms. The van der Waals surface area contributed by atoms with Crippen LogP contribution in [0, 0.1) is 26.7 Å². The van der Waals surface area contributed by atoms with Gasteiger partial charge >= 0.3 is 0 Å². The Morgan fingerprint density at radius 3 is 2.29 bits per heavy atom. The molecule has 1 atom stereocenters. The molecule has 2 nitrogen and oxygen atoms in total. The van der Waals surface area contributed by atoms with Crippen molar-refractivity contribution in [3.05, 3.63) is 22.5 Å². The van der Waals surface area contributed by atoms with Crippen molar-refractivity contribution in [2.24, 2.45) is 5.92 Å². The third kappa shape index (κ3) is 2.74. The highest BCUT2D eigenvalue weighted by atomic mass is 16.3. The summed E-state index contributed by atoms with van der Waals surface area (Å²) in [5.41, 5.74) is 4.78. The van der Waals surface area contributed by atoms with E-state index in [0.717, 1.165) is 18.0 Å². The third-order valence-electron chi connectivity index (χ3n) is 4.47. The van der Waals surface area contributed by atoms with E-state index in [0.29, 0.717) is 0 Å². The van der Waals surface area contributed by atoms with Crippen LogP contribution in [0.4, 0.5) is 0 Å². The molecule has 2 rings (SSSR count). The zero-order chi connectivity index (χ0) is 12.4. The van der Waals surface area contributed by atoms with Crippen LogP contribution in [0.1, 0.15) is 67.1 Å². The number of aliphatic hydroxyl groups is 1. The summed E-state index contributed by atoms with van der Waals surface area (Å²) >= 11 is 0. The van der Waals surface area contributed by atoms with E-state index in [-0.39, 0.29) is 6.10 Å². The lowest BCUT2D eigenvalue weighted by molar-refractivity contribution is 0.127. The van der Waals surface area contributed by atoms with Gasteiger partial charge in [0.25, 0.3) is 0 Å². The molecule has 1 saturated carbocycles. The Morgan fingerprint density at radius 1 is 1.12 bits per heavy atom. The summed E-state index contributed by atoms with van der Waals surface area (Å²) in [6, 6.07) is 0. The number of aliphatic hydroxyl groups excluding tert-OH is 1. The molecule has 0 aliphatic heterocycles. The third-order valence-corrected chi connectivity index (χ3v) is 4.47. The number of H-pyrrole nitrogens is 1. The molecule has 1 aliphatic rings. The Kier molecular flexibility index (Phi) is 3.93. The number of hydrogen-bond acceptors (Lipinski definition) is 1. The summed E-state index contributed by atoms with van der Waals surface area (Å²) < 4.78 is 0. The van der Waals surface area contributed by atoms with E-state index in [9.17, 15) is 5.11 Å². The first kappa shape index (κ1) is 12.7. The van der Waals surface area contributed by atoms with Gasteiger partial charge in [-0.15, -0.1) is 0 Å². The van der Waals surface area contributed by atoms with Crippen LogP contribution in [0.25, 0.3) is 0 Å². The Balaban J connectivity index is 2.03. The zero-order valence-corrected chi connectivity index (χ0v) is 11.3. The maximum Gasteiger partial charge on any atom is 0.0943 e. The van der Waals surface area contributed by atoms with E-state index >= 15 is 0 Å². The fraction of sp³-hybridized carbons (Fsp3) is 0.733. The van der Waals surface area contributed by atoms with Gasteiger partial charge in [-0.05, 0) is 44.2 Å². The number of hydrogen-bond donors (Lipinski definition) is 2. The molecular formula is C15H25NO. The lowest BCUT2D eigenvalue weighted by Crippen LogP contribution is -2.12. The standard InChI is InChI=1S/C15H25NO/c1-10-11(2)15(16-12(10)3)14(17)9-13-7-5-4-6-8-13/h13-14,16-17H,4-9H2,1-3H3. The number of rotatable bonds is 3. The molecule has 1 aliphatic carbocycles. The molecule has 1 fully saturated rings. The second-order valence-corrected chi connectivity index (χ2v) is 5.67. The SMILES string of the molecule is Cc1[nH]c(C(O)CC2CCCCC2)c(C)c1C. The first-order valence-corrected chi connectivity index (χ1v) is 6.93. The molecule has 0 aromatic carbocycles. The van der Waals surface area contributed by atoms with Gasteiger partial charge in [-0.1, -0.05) is 32.1 Å². The van der Waals surface area contributed by atoms with Crippen molar-refractivity contribution >= 4 is 0 Å². The van der Waals surface area contributed by atoms with Crippen LogP contribution in [-0.4, -0.2) is 10.1 Å². The van der Waals surface area contributed by atoms with Crippen molar-refractivity contribution in [3.8, 4) is 0 Å². The van der Waals surface area contributed by atoms with Crippen molar-refractivity contribution in [1.82, 2.24) is 4.98 Å². The van der Waals surface area contributed by atoms with E-state index in [1.54, 1.807) is 0 Å².